The van der Waals surface area contributed by atoms with E-state index in [1.165, 1.54) is 7.11 Å². The molecular formula is C23H26F3NO5. The van der Waals surface area contributed by atoms with Crippen molar-refractivity contribution in [1.82, 2.24) is 0 Å². The summed E-state index contributed by atoms with van der Waals surface area (Å²) in [4.78, 5) is 24.9. The Balaban J connectivity index is 1.97. The second-order valence-electron chi connectivity index (χ2n) is 6.95. The van der Waals surface area contributed by atoms with Gasteiger partial charge in [-0.05, 0) is 42.7 Å². The number of hydrogen-bond acceptors (Lipinski definition) is 6. The first kappa shape index (κ1) is 25.4. The van der Waals surface area contributed by atoms with Gasteiger partial charge in [-0.1, -0.05) is 24.3 Å². The summed E-state index contributed by atoms with van der Waals surface area (Å²) in [7, 11) is 1.17. The zero-order chi connectivity index (χ0) is 23.6. The van der Waals surface area contributed by atoms with E-state index in [4.69, 9.17) is 19.9 Å². The van der Waals surface area contributed by atoms with Crippen molar-refractivity contribution < 1.29 is 37.0 Å². The van der Waals surface area contributed by atoms with E-state index in [2.05, 4.69) is 0 Å². The minimum absolute atomic E-state index is 0.0222. The van der Waals surface area contributed by atoms with Crippen molar-refractivity contribution in [2.75, 3.05) is 33.5 Å². The second kappa shape index (κ2) is 12.2. The molecule has 0 aromatic heterocycles. The molecule has 9 heteroatoms. The van der Waals surface area contributed by atoms with E-state index in [1.54, 1.807) is 12.1 Å². The number of carbonyl (C=O) groups is 2. The summed E-state index contributed by atoms with van der Waals surface area (Å²) in [6.07, 6.45) is -3.96. The molecule has 6 nitrogen and oxygen atoms in total. The van der Waals surface area contributed by atoms with Gasteiger partial charge in [-0.25, -0.2) is 0 Å². The third-order valence-corrected chi connectivity index (χ3v) is 4.70. The lowest BCUT2D eigenvalue weighted by atomic mass is 9.91. The van der Waals surface area contributed by atoms with Crippen molar-refractivity contribution in [1.29, 1.82) is 0 Å². The largest absolute Gasteiger partial charge is 0.491 e. The number of halogens is 3. The van der Waals surface area contributed by atoms with Crippen LogP contribution in [0.25, 0.3) is 0 Å². The van der Waals surface area contributed by atoms with E-state index in [9.17, 15) is 22.8 Å². The molecule has 0 amide bonds. The predicted molar refractivity (Wildman–Crippen MR) is 111 cm³/mol. The molecule has 0 aliphatic rings. The van der Waals surface area contributed by atoms with Gasteiger partial charge in [-0.15, -0.1) is 0 Å². The molecule has 0 aliphatic heterocycles. The van der Waals surface area contributed by atoms with Crippen molar-refractivity contribution in [3.8, 4) is 5.75 Å². The van der Waals surface area contributed by atoms with Crippen LogP contribution in [0.4, 0.5) is 13.2 Å². The average Bonchev–Trinajstić information content (AvgIpc) is 2.79. The van der Waals surface area contributed by atoms with Gasteiger partial charge in [0.1, 0.15) is 18.3 Å². The number of hydrogen-bond donors (Lipinski definition) is 1. The third kappa shape index (κ3) is 7.65. The van der Waals surface area contributed by atoms with Gasteiger partial charge < -0.3 is 19.9 Å². The van der Waals surface area contributed by atoms with E-state index >= 15 is 0 Å². The van der Waals surface area contributed by atoms with Gasteiger partial charge in [0.25, 0.3) is 0 Å². The number of ether oxygens (including phenoxy) is 3. The monoisotopic (exact) mass is 453 g/mol. The first-order valence-corrected chi connectivity index (χ1v) is 10.0. The molecule has 0 radical (unpaired) electrons. The molecule has 0 fully saturated rings. The Bertz CT molecular complexity index is 867. The number of nitrogens with two attached hydrogens (primary N) is 1. The van der Waals surface area contributed by atoms with Crippen LogP contribution in [0.3, 0.4) is 0 Å². The third-order valence-electron chi connectivity index (χ3n) is 4.70. The van der Waals surface area contributed by atoms with Crippen molar-refractivity contribution in [3.63, 3.8) is 0 Å². The number of carbonyl (C=O) groups excluding carboxylic acids is 2. The topological polar surface area (TPSA) is 87.8 Å². The van der Waals surface area contributed by atoms with Crippen molar-refractivity contribution >= 4 is 11.8 Å². The Morgan fingerprint density at radius 1 is 0.969 bits per heavy atom. The Labute approximate surface area is 184 Å². The van der Waals surface area contributed by atoms with Gasteiger partial charge in [0.05, 0.1) is 25.9 Å². The molecule has 174 valence electrons. The predicted octanol–water partition coefficient (Wildman–Crippen LogP) is 3.66. The molecule has 1 atom stereocenters. The zero-order valence-electron chi connectivity index (χ0n) is 17.7. The molecule has 0 saturated heterocycles. The molecule has 32 heavy (non-hydrogen) atoms. The van der Waals surface area contributed by atoms with Crippen LogP contribution in [0.2, 0.25) is 0 Å². The van der Waals surface area contributed by atoms with Crippen LogP contribution in [0, 0.1) is 5.92 Å². The lowest BCUT2D eigenvalue weighted by Gasteiger charge is -2.15. The summed E-state index contributed by atoms with van der Waals surface area (Å²) in [5.74, 6) is -1.78. The fourth-order valence-corrected chi connectivity index (χ4v) is 2.99. The summed E-state index contributed by atoms with van der Waals surface area (Å²) >= 11 is 0. The number of esters is 1. The molecule has 0 heterocycles. The zero-order valence-corrected chi connectivity index (χ0v) is 17.7. The molecule has 1 unspecified atom stereocenters. The number of ketones is 1. The number of alkyl halides is 3. The highest BCUT2D eigenvalue weighted by atomic mass is 19.4. The van der Waals surface area contributed by atoms with Crippen LogP contribution in [-0.2, 0) is 26.9 Å². The Hall–Kier alpha value is -2.91. The van der Waals surface area contributed by atoms with Gasteiger partial charge in [0, 0.05) is 12.1 Å². The number of Topliss-reactive ketones (excluding diaryl/α,β-unsaturated/α-hetero) is 1. The lowest BCUT2D eigenvalue weighted by molar-refractivity contribution is -0.144. The van der Waals surface area contributed by atoms with E-state index in [1.807, 2.05) is 12.1 Å². The highest BCUT2D eigenvalue weighted by Gasteiger charge is 2.32. The minimum Gasteiger partial charge on any atom is -0.491 e. The molecule has 2 rings (SSSR count). The van der Waals surface area contributed by atoms with Gasteiger partial charge in [0.2, 0.25) is 0 Å². The fourth-order valence-electron chi connectivity index (χ4n) is 2.99. The van der Waals surface area contributed by atoms with Crippen LogP contribution in [0.5, 0.6) is 5.75 Å². The summed E-state index contributed by atoms with van der Waals surface area (Å²) in [5, 5.41) is 0. The van der Waals surface area contributed by atoms with Crippen LogP contribution < -0.4 is 10.5 Å². The highest BCUT2D eigenvalue weighted by Crippen LogP contribution is 2.29. The molecule has 0 spiro atoms. The maximum absolute atomic E-state index is 12.8. The maximum Gasteiger partial charge on any atom is 0.416 e. The quantitative estimate of drug-likeness (QED) is 0.228. The van der Waals surface area contributed by atoms with Crippen molar-refractivity contribution in [2.24, 2.45) is 11.7 Å². The van der Waals surface area contributed by atoms with Gasteiger partial charge in [-0.3, -0.25) is 9.59 Å². The van der Waals surface area contributed by atoms with Crippen molar-refractivity contribution in [2.45, 2.75) is 19.0 Å². The van der Waals surface area contributed by atoms with Gasteiger partial charge in [-0.2, -0.15) is 13.2 Å². The van der Waals surface area contributed by atoms with Crippen LogP contribution in [-0.4, -0.2) is 45.2 Å². The number of methoxy groups -OCH3 is 1. The first-order valence-electron chi connectivity index (χ1n) is 10.0. The Morgan fingerprint density at radius 3 is 2.19 bits per heavy atom. The molecule has 0 aliphatic carbocycles. The second-order valence-corrected chi connectivity index (χ2v) is 6.95. The first-order chi connectivity index (χ1) is 15.3. The van der Waals surface area contributed by atoms with E-state index in [0.29, 0.717) is 38.5 Å². The highest BCUT2D eigenvalue weighted by molar-refractivity contribution is 6.08. The van der Waals surface area contributed by atoms with E-state index < -0.39 is 29.4 Å². The van der Waals surface area contributed by atoms with Gasteiger partial charge >= 0.3 is 12.1 Å². The van der Waals surface area contributed by atoms with Crippen molar-refractivity contribution in [3.05, 3.63) is 65.2 Å². The summed E-state index contributed by atoms with van der Waals surface area (Å²) < 4.78 is 53.7. The standard InChI is InChI=1S/C23H26F3NO5/c1-30-22(29)20(21(28)17-5-7-18(8-6-17)23(24,25)26)11-4-16-2-9-19(10-3-16)32-15-14-31-13-12-27/h2-3,5-10,20H,4,11-15,27H2,1H3. The molecule has 0 bridgehead atoms. The molecule has 2 aromatic rings. The fraction of sp³-hybridized carbons (Fsp3) is 0.391. The van der Waals surface area contributed by atoms with Crippen LogP contribution in [0.15, 0.2) is 48.5 Å². The number of rotatable bonds is 12. The lowest BCUT2D eigenvalue weighted by Crippen LogP contribution is -2.26. The molecule has 2 aromatic carbocycles. The molecule has 2 N–H and O–H groups in total. The average molecular weight is 453 g/mol. The SMILES string of the molecule is COC(=O)C(CCc1ccc(OCCOCCN)cc1)C(=O)c1ccc(C(F)(F)F)cc1. The van der Waals surface area contributed by atoms with Gasteiger partial charge in [0.15, 0.2) is 5.78 Å². The van der Waals surface area contributed by atoms with Crippen LogP contribution in [0.1, 0.15) is 27.9 Å². The Kier molecular flexibility index (Phi) is 9.67. The van der Waals surface area contributed by atoms with Crippen LogP contribution >= 0.6 is 0 Å². The smallest absolute Gasteiger partial charge is 0.416 e. The summed E-state index contributed by atoms with van der Waals surface area (Å²) in [6.45, 7) is 1.72. The van der Waals surface area contributed by atoms with E-state index in [0.717, 1.165) is 29.8 Å². The Morgan fingerprint density at radius 2 is 1.62 bits per heavy atom. The van der Waals surface area contributed by atoms with E-state index in [-0.39, 0.29) is 12.0 Å². The maximum atomic E-state index is 12.8. The molecular weight excluding hydrogens is 427 g/mol. The molecule has 0 saturated carbocycles. The minimum atomic E-state index is -4.50. The normalized spacial score (nSPS) is 12.3. The number of aryl methyl sites for hydroxylation is 1. The summed E-state index contributed by atoms with van der Waals surface area (Å²) in [6, 6.07) is 10.9. The summed E-state index contributed by atoms with van der Waals surface area (Å²) in [5.41, 5.74) is 5.36. The number of benzene rings is 2.